The normalized spacial score (nSPS) is 13.5. The van der Waals surface area contributed by atoms with Crippen LogP contribution in [0.2, 0.25) is 5.22 Å². The minimum atomic E-state index is -4.45. The fraction of sp³-hybridized carbons (Fsp3) is 0.250. The topological polar surface area (TPSA) is 38.1 Å². The Morgan fingerprint density at radius 1 is 1.32 bits per heavy atom. The maximum Gasteiger partial charge on any atom is 0.416 e. The van der Waals surface area contributed by atoms with E-state index in [0.717, 1.165) is 12.3 Å². The molecule has 2 aromatic rings. The van der Waals surface area contributed by atoms with Crippen LogP contribution < -0.4 is 5.32 Å². The summed E-state index contributed by atoms with van der Waals surface area (Å²) in [5.74, 6) is 0.297. The van der Waals surface area contributed by atoms with Crippen molar-refractivity contribution in [2.75, 3.05) is 7.05 Å². The maximum absolute atomic E-state index is 13.0. The number of nitrogens with one attached hydrogen (secondary N) is 1. The van der Waals surface area contributed by atoms with Crippen molar-refractivity contribution in [1.29, 1.82) is 0 Å². The highest BCUT2D eigenvalue weighted by Gasteiger charge is 2.36. The summed E-state index contributed by atoms with van der Waals surface area (Å²) in [6.45, 7) is 0. The third kappa shape index (κ3) is 2.90. The number of nitrogens with zero attached hydrogens (tertiary/aromatic N) is 1. The third-order valence-corrected chi connectivity index (χ3v) is 2.84. The molecule has 19 heavy (non-hydrogen) atoms. The van der Waals surface area contributed by atoms with Gasteiger partial charge in [-0.05, 0) is 36.8 Å². The molecule has 2 heterocycles. The molecule has 2 rings (SSSR count). The van der Waals surface area contributed by atoms with Crippen LogP contribution in [0.1, 0.15) is 22.9 Å². The minimum Gasteiger partial charge on any atom is -0.448 e. The summed E-state index contributed by atoms with van der Waals surface area (Å²) in [5, 5.41) is 2.89. The van der Waals surface area contributed by atoms with Crippen molar-refractivity contribution in [1.82, 2.24) is 10.3 Å². The fourth-order valence-corrected chi connectivity index (χ4v) is 1.98. The van der Waals surface area contributed by atoms with Crippen molar-refractivity contribution in [3.63, 3.8) is 0 Å². The summed E-state index contributed by atoms with van der Waals surface area (Å²) in [5.41, 5.74) is -0.766. The molecule has 3 nitrogen and oxygen atoms in total. The van der Waals surface area contributed by atoms with Crippen LogP contribution in [-0.4, -0.2) is 12.0 Å². The number of pyridine rings is 1. The highest BCUT2D eigenvalue weighted by Crippen LogP contribution is 2.36. The van der Waals surface area contributed by atoms with Gasteiger partial charge in [-0.1, -0.05) is 0 Å². The molecule has 0 aliphatic heterocycles. The van der Waals surface area contributed by atoms with Crippen molar-refractivity contribution in [2.24, 2.45) is 0 Å². The first-order valence-corrected chi connectivity index (χ1v) is 5.75. The van der Waals surface area contributed by atoms with Crippen LogP contribution >= 0.6 is 11.6 Å². The van der Waals surface area contributed by atoms with Gasteiger partial charge in [0.15, 0.2) is 5.22 Å². The van der Waals surface area contributed by atoms with E-state index in [0.29, 0.717) is 5.76 Å². The van der Waals surface area contributed by atoms with Gasteiger partial charge in [-0.3, -0.25) is 4.98 Å². The number of alkyl halides is 3. The van der Waals surface area contributed by atoms with Gasteiger partial charge in [0.2, 0.25) is 0 Å². The molecule has 0 aromatic carbocycles. The number of hydrogen-bond acceptors (Lipinski definition) is 3. The van der Waals surface area contributed by atoms with E-state index in [2.05, 4.69) is 10.3 Å². The number of rotatable bonds is 3. The number of halogens is 4. The Morgan fingerprint density at radius 2 is 2.05 bits per heavy atom. The van der Waals surface area contributed by atoms with Crippen molar-refractivity contribution < 1.29 is 17.6 Å². The molecule has 102 valence electrons. The lowest BCUT2D eigenvalue weighted by Crippen LogP contribution is -2.21. The van der Waals surface area contributed by atoms with Gasteiger partial charge < -0.3 is 9.73 Å². The molecule has 0 amide bonds. The number of hydrogen-bond donors (Lipinski definition) is 1. The van der Waals surface area contributed by atoms with Crippen molar-refractivity contribution in [3.8, 4) is 0 Å². The molecule has 0 fully saturated rings. The summed E-state index contributed by atoms with van der Waals surface area (Å²) in [7, 11) is 1.54. The van der Waals surface area contributed by atoms with E-state index in [-0.39, 0.29) is 10.8 Å². The second-order valence-electron chi connectivity index (χ2n) is 3.82. The van der Waals surface area contributed by atoms with E-state index in [9.17, 15) is 13.2 Å². The molecule has 0 saturated heterocycles. The van der Waals surface area contributed by atoms with E-state index >= 15 is 0 Å². The van der Waals surface area contributed by atoms with Crippen LogP contribution in [-0.2, 0) is 6.18 Å². The summed E-state index contributed by atoms with van der Waals surface area (Å²) in [6, 6.07) is 3.17. The first kappa shape index (κ1) is 13.9. The average Bonchev–Trinajstić information content (AvgIpc) is 2.76. The zero-order valence-electron chi connectivity index (χ0n) is 9.83. The molecular formula is C12H10ClF3N2O. The monoisotopic (exact) mass is 290 g/mol. The summed E-state index contributed by atoms with van der Waals surface area (Å²) < 4.78 is 44.0. The van der Waals surface area contributed by atoms with Crippen LogP contribution in [0, 0.1) is 0 Å². The molecule has 0 radical (unpaired) electrons. The lowest BCUT2D eigenvalue weighted by molar-refractivity contribution is -0.138. The third-order valence-electron chi connectivity index (χ3n) is 2.64. The molecule has 0 aliphatic rings. The fourth-order valence-electron chi connectivity index (χ4n) is 1.83. The van der Waals surface area contributed by atoms with Crippen LogP contribution in [0.4, 0.5) is 13.2 Å². The van der Waals surface area contributed by atoms with Crippen LogP contribution in [0.5, 0.6) is 0 Å². The Labute approximate surface area is 112 Å². The van der Waals surface area contributed by atoms with Crippen LogP contribution in [0.25, 0.3) is 0 Å². The second-order valence-corrected chi connectivity index (χ2v) is 4.20. The van der Waals surface area contributed by atoms with Crippen molar-refractivity contribution in [2.45, 2.75) is 12.2 Å². The predicted molar refractivity (Wildman–Crippen MR) is 63.9 cm³/mol. The van der Waals surface area contributed by atoms with Crippen molar-refractivity contribution in [3.05, 3.63) is 52.7 Å². The van der Waals surface area contributed by atoms with Crippen molar-refractivity contribution >= 4 is 11.6 Å². The summed E-state index contributed by atoms with van der Waals surface area (Å²) in [4.78, 5) is 3.75. The molecule has 2 aromatic heterocycles. The Morgan fingerprint density at radius 3 is 2.58 bits per heavy atom. The molecule has 0 saturated carbocycles. The van der Waals surface area contributed by atoms with E-state index < -0.39 is 17.8 Å². The van der Waals surface area contributed by atoms with E-state index in [4.69, 9.17) is 16.0 Å². The molecule has 0 spiro atoms. The largest absolute Gasteiger partial charge is 0.448 e. The Hall–Kier alpha value is -1.53. The molecule has 0 aliphatic carbocycles. The van der Waals surface area contributed by atoms with E-state index in [1.165, 1.54) is 25.4 Å². The van der Waals surface area contributed by atoms with Gasteiger partial charge in [-0.15, -0.1) is 0 Å². The Bertz CT molecular complexity index is 568. The molecule has 7 heteroatoms. The maximum atomic E-state index is 13.0. The highest BCUT2D eigenvalue weighted by atomic mass is 35.5. The van der Waals surface area contributed by atoms with Gasteiger partial charge >= 0.3 is 6.18 Å². The van der Waals surface area contributed by atoms with Gasteiger partial charge in [-0.2, -0.15) is 13.2 Å². The van der Waals surface area contributed by atoms with Gasteiger partial charge in [0.25, 0.3) is 0 Å². The first-order chi connectivity index (χ1) is 8.93. The number of aromatic nitrogens is 1. The summed E-state index contributed by atoms with van der Waals surface area (Å²) in [6.07, 6.45) is -2.18. The Kier molecular flexibility index (Phi) is 3.82. The standard InChI is InChI=1S/C12H10ClF3N2O/c1-17-11(9-2-3-10(13)19-9)7-6-18-5-4-8(7)12(14,15)16/h2-6,11,17H,1H3. The molecule has 1 N–H and O–H groups in total. The van der Waals surface area contributed by atoms with E-state index in [1.54, 1.807) is 0 Å². The average molecular weight is 291 g/mol. The van der Waals surface area contributed by atoms with Gasteiger partial charge in [0.05, 0.1) is 11.6 Å². The second kappa shape index (κ2) is 5.22. The predicted octanol–water partition coefficient (Wildman–Crippen LogP) is 3.66. The smallest absolute Gasteiger partial charge is 0.416 e. The lowest BCUT2D eigenvalue weighted by atomic mass is 10.0. The van der Waals surface area contributed by atoms with Gasteiger partial charge in [-0.25, -0.2) is 0 Å². The van der Waals surface area contributed by atoms with E-state index in [1.807, 2.05) is 0 Å². The molecule has 1 unspecified atom stereocenters. The van der Waals surface area contributed by atoms with Crippen LogP contribution in [0.3, 0.4) is 0 Å². The molecular weight excluding hydrogens is 281 g/mol. The zero-order chi connectivity index (χ0) is 14.0. The summed E-state index contributed by atoms with van der Waals surface area (Å²) >= 11 is 5.65. The van der Waals surface area contributed by atoms with Gasteiger partial charge in [0.1, 0.15) is 5.76 Å². The first-order valence-electron chi connectivity index (χ1n) is 5.37. The molecule has 0 bridgehead atoms. The van der Waals surface area contributed by atoms with Gasteiger partial charge in [0, 0.05) is 18.0 Å². The minimum absolute atomic E-state index is 0.0106. The zero-order valence-corrected chi connectivity index (χ0v) is 10.6. The highest BCUT2D eigenvalue weighted by molar-refractivity contribution is 6.28. The molecule has 1 atom stereocenters. The quantitative estimate of drug-likeness (QED) is 0.937. The Balaban J connectivity index is 2.50. The number of furan rings is 1. The van der Waals surface area contributed by atoms with Crippen LogP contribution in [0.15, 0.2) is 35.0 Å². The SMILES string of the molecule is CNC(c1ccc(Cl)o1)c1cnccc1C(F)(F)F. The lowest BCUT2D eigenvalue weighted by Gasteiger charge is -2.19.